The molecule has 0 radical (unpaired) electrons. The van der Waals surface area contributed by atoms with Crippen molar-refractivity contribution in [3.63, 3.8) is 0 Å². The Morgan fingerprint density at radius 1 is 0.969 bits per heavy atom. The maximum atomic E-state index is 13.8. The van der Waals surface area contributed by atoms with Crippen LogP contribution >= 0.6 is 0 Å². The molecule has 0 saturated carbocycles. The molecule has 4 N–H and O–H groups in total. The predicted molar refractivity (Wildman–Crippen MR) is 118 cm³/mol. The summed E-state index contributed by atoms with van der Waals surface area (Å²) in [5, 5.41) is 41.7. The van der Waals surface area contributed by atoms with Crippen molar-refractivity contribution in [3.05, 3.63) is 65.4 Å². The van der Waals surface area contributed by atoms with Crippen LogP contribution in [0.25, 0.3) is 10.9 Å². The Kier molecular flexibility index (Phi) is 6.15. The summed E-state index contributed by atoms with van der Waals surface area (Å²) < 4.78 is 34.6. The van der Waals surface area contributed by atoms with Crippen LogP contribution in [-0.4, -0.2) is 63.8 Å². The van der Waals surface area contributed by atoms with Gasteiger partial charge < -0.3 is 25.2 Å². The van der Waals surface area contributed by atoms with Gasteiger partial charge in [0.05, 0.1) is 22.7 Å². The second-order valence-corrected chi connectivity index (χ2v) is 9.85. The minimum atomic E-state index is -4.11. The number of fused-ring (bicyclic) bond motifs is 1. The number of hydrogen-bond donors (Lipinski definition) is 4. The lowest BCUT2D eigenvalue weighted by atomic mass is 9.91. The molecule has 0 unspecified atom stereocenters. The zero-order valence-corrected chi connectivity index (χ0v) is 18.6. The lowest BCUT2D eigenvalue weighted by Gasteiger charge is -2.40. The monoisotopic (exact) mass is 461 g/mol. The largest absolute Gasteiger partial charge is 0.394 e. The highest BCUT2D eigenvalue weighted by molar-refractivity contribution is 7.90. The first-order valence-electron chi connectivity index (χ1n) is 10.5. The minimum absolute atomic E-state index is 0.0670. The van der Waals surface area contributed by atoms with Gasteiger partial charge in [0.15, 0.2) is 0 Å². The summed E-state index contributed by atoms with van der Waals surface area (Å²) in [6, 6.07) is 13.4. The van der Waals surface area contributed by atoms with Crippen molar-refractivity contribution in [1.29, 1.82) is 0 Å². The summed E-state index contributed by atoms with van der Waals surface area (Å²) in [6.07, 6.45) is -6.77. The molecule has 0 aliphatic carbocycles. The van der Waals surface area contributed by atoms with Crippen LogP contribution in [0.2, 0.25) is 0 Å². The van der Waals surface area contributed by atoms with Gasteiger partial charge in [-0.25, -0.2) is 12.4 Å². The second-order valence-electron chi connectivity index (χ2n) is 8.07. The molecule has 0 bridgehead atoms. The van der Waals surface area contributed by atoms with Gasteiger partial charge in [-0.15, -0.1) is 0 Å². The molecule has 172 valence electrons. The summed E-state index contributed by atoms with van der Waals surface area (Å²) in [7, 11) is -4.11. The van der Waals surface area contributed by atoms with Crippen LogP contribution in [0.3, 0.4) is 0 Å². The molecule has 1 fully saturated rings. The normalized spacial score (nSPS) is 26.5. The molecule has 0 amide bonds. The van der Waals surface area contributed by atoms with Gasteiger partial charge in [-0.3, -0.25) is 0 Å². The Balaban J connectivity index is 2.02. The number of rotatable bonds is 5. The first-order valence-corrected chi connectivity index (χ1v) is 11.9. The van der Waals surface area contributed by atoms with Crippen molar-refractivity contribution in [1.82, 2.24) is 3.97 Å². The summed E-state index contributed by atoms with van der Waals surface area (Å²) >= 11 is 0. The van der Waals surface area contributed by atoms with Gasteiger partial charge in [0.25, 0.3) is 10.0 Å². The van der Waals surface area contributed by atoms with Crippen molar-refractivity contribution in [2.24, 2.45) is 0 Å². The number of hydrogen-bond acceptors (Lipinski definition) is 7. The maximum Gasteiger partial charge on any atom is 0.268 e. The molecule has 1 aliphatic heterocycles. The lowest BCUT2D eigenvalue weighted by Crippen LogP contribution is -2.55. The number of ether oxygens (including phenoxy) is 1. The molecule has 8 nitrogen and oxygen atoms in total. The Labute approximate surface area is 186 Å². The van der Waals surface area contributed by atoms with Crippen LogP contribution in [-0.2, 0) is 21.2 Å². The molecule has 5 atom stereocenters. The van der Waals surface area contributed by atoms with Crippen LogP contribution in [0, 0.1) is 6.92 Å². The second kappa shape index (κ2) is 8.58. The molecule has 2 aromatic carbocycles. The Hall–Kier alpha value is -2.27. The van der Waals surface area contributed by atoms with E-state index >= 15 is 0 Å². The summed E-state index contributed by atoms with van der Waals surface area (Å²) in [6.45, 7) is 3.11. The van der Waals surface area contributed by atoms with Gasteiger partial charge in [0.1, 0.15) is 30.5 Å². The smallest absolute Gasteiger partial charge is 0.268 e. The van der Waals surface area contributed by atoms with Crippen LogP contribution < -0.4 is 0 Å². The molecular formula is C23H27NO7S. The van der Waals surface area contributed by atoms with E-state index in [-0.39, 0.29) is 10.6 Å². The molecule has 1 saturated heterocycles. The molecule has 1 aliphatic rings. The number of nitrogens with zero attached hydrogens (tertiary/aromatic N) is 1. The lowest BCUT2D eigenvalue weighted by molar-refractivity contribution is -0.232. The summed E-state index contributed by atoms with van der Waals surface area (Å²) in [5.74, 6) is 0. The maximum absolute atomic E-state index is 13.8. The summed E-state index contributed by atoms with van der Waals surface area (Å²) in [5.41, 5.74) is 2.13. The van der Waals surface area contributed by atoms with E-state index < -0.39 is 47.2 Å². The molecule has 2 heterocycles. The zero-order chi connectivity index (χ0) is 23.2. The first kappa shape index (κ1) is 22.9. The van der Waals surface area contributed by atoms with Gasteiger partial charge in [-0.05, 0) is 37.1 Å². The van der Waals surface area contributed by atoms with E-state index in [4.69, 9.17) is 4.74 Å². The fourth-order valence-electron chi connectivity index (χ4n) is 4.36. The van der Waals surface area contributed by atoms with Crippen LogP contribution in [0.4, 0.5) is 0 Å². The van der Waals surface area contributed by atoms with Gasteiger partial charge in [-0.1, -0.05) is 42.8 Å². The highest BCUT2D eigenvalue weighted by Crippen LogP contribution is 2.40. The van der Waals surface area contributed by atoms with Crippen molar-refractivity contribution in [2.75, 3.05) is 6.61 Å². The van der Waals surface area contributed by atoms with E-state index in [0.29, 0.717) is 22.9 Å². The standard InChI is InChI=1S/C23H27NO7S/c1-3-15-16-6-4-5-7-17(16)24(32(29,30)14-10-8-13(2)9-11-14)19(15)23-22(28)21(27)20(26)18(12-25)31-23/h4-11,18,20-23,25-28H,3,12H2,1-2H3/t18-,20-,21+,22-,23-/m1/s1. The number of aromatic nitrogens is 1. The Bertz CT molecular complexity index is 1220. The predicted octanol–water partition coefficient (Wildman–Crippen LogP) is 1.26. The molecule has 4 rings (SSSR count). The topological polar surface area (TPSA) is 129 Å². The quantitative estimate of drug-likeness (QED) is 0.450. The highest BCUT2D eigenvalue weighted by atomic mass is 32.2. The average molecular weight is 462 g/mol. The third kappa shape index (κ3) is 3.55. The van der Waals surface area contributed by atoms with Crippen molar-refractivity contribution < 1.29 is 33.6 Å². The molecule has 9 heteroatoms. The Morgan fingerprint density at radius 2 is 1.62 bits per heavy atom. The zero-order valence-electron chi connectivity index (χ0n) is 17.8. The van der Waals surface area contributed by atoms with Crippen molar-refractivity contribution in [2.45, 2.75) is 55.7 Å². The first-order chi connectivity index (χ1) is 15.2. The molecular weight excluding hydrogens is 434 g/mol. The Morgan fingerprint density at radius 3 is 2.25 bits per heavy atom. The number of para-hydroxylation sites is 1. The average Bonchev–Trinajstić information content (AvgIpc) is 3.13. The van der Waals surface area contributed by atoms with Gasteiger partial charge in [0.2, 0.25) is 0 Å². The molecule has 32 heavy (non-hydrogen) atoms. The van der Waals surface area contributed by atoms with E-state index in [1.807, 2.05) is 13.8 Å². The molecule has 1 aromatic heterocycles. The third-order valence-electron chi connectivity index (χ3n) is 6.05. The van der Waals surface area contributed by atoms with Crippen LogP contribution in [0.1, 0.15) is 29.8 Å². The van der Waals surface area contributed by atoms with E-state index in [0.717, 1.165) is 9.54 Å². The van der Waals surface area contributed by atoms with Crippen LogP contribution in [0.5, 0.6) is 0 Å². The number of benzene rings is 2. The molecule has 0 spiro atoms. The van der Waals surface area contributed by atoms with Crippen molar-refractivity contribution >= 4 is 20.9 Å². The number of aliphatic hydroxyl groups excluding tert-OH is 4. The highest BCUT2D eigenvalue weighted by Gasteiger charge is 2.47. The fraction of sp³-hybridized carbons (Fsp3) is 0.391. The molecule has 3 aromatic rings. The van der Waals surface area contributed by atoms with Gasteiger partial charge in [0, 0.05) is 5.39 Å². The van der Waals surface area contributed by atoms with Gasteiger partial charge >= 0.3 is 0 Å². The van der Waals surface area contributed by atoms with Gasteiger partial charge in [-0.2, -0.15) is 0 Å². The SMILES string of the molecule is CCc1c([C@H]2O[C@H](CO)[C@@H](O)[C@H](O)[C@H]2O)n(S(=O)(=O)c2ccc(C)cc2)c2ccccc12. The van der Waals surface area contributed by atoms with E-state index in [2.05, 4.69) is 0 Å². The minimum Gasteiger partial charge on any atom is -0.394 e. The number of aryl methyl sites for hydroxylation is 2. The van der Waals surface area contributed by atoms with E-state index in [9.17, 15) is 28.8 Å². The van der Waals surface area contributed by atoms with E-state index in [1.165, 1.54) is 12.1 Å². The third-order valence-corrected chi connectivity index (χ3v) is 7.79. The summed E-state index contributed by atoms with van der Waals surface area (Å²) in [4.78, 5) is 0.0670. The van der Waals surface area contributed by atoms with Crippen LogP contribution in [0.15, 0.2) is 53.4 Å². The fourth-order valence-corrected chi connectivity index (χ4v) is 5.94. The van der Waals surface area contributed by atoms with Crippen molar-refractivity contribution in [3.8, 4) is 0 Å². The van der Waals surface area contributed by atoms with E-state index in [1.54, 1.807) is 36.4 Å². The number of aliphatic hydroxyl groups is 4.